The lowest BCUT2D eigenvalue weighted by Crippen LogP contribution is -2.45. The summed E-state index contributed by atoms with van der Waals surface area (Å²) in [5, 5.41) is 3.66. The molecule has 29 heavy (non-hydrogen) atoms. The minimum Gasteiger partial charge on any atom is -0.490 e. The Labute approximate surface area is 180 Å². The third-order valence-electron chi connectivity index (χ3n) is 5.33. The van der Waals surface area contributed by atoms with Crippen molar-refractivity contribution in [3.8, 4) is 17.2 Å². The number of carbonyl (C=O) groups excluding carboxylic acids is 1. The molecule has 2 aliphatic rings. The maximum atomic E-state index is 13.1. The van der Waals surface area contributed by atoms with Crippen LogP contribution in [0, 0.1) is 5.92 Å². The molecule has 164 valence electrons. The number of rotatable bonds is 10. The van der Waals surface area contributed by atoms with E-state index in [0.29, 0.717) is 48.7 Å². The van der Waals surface area contributed by atoms with Crippen LogP contribution >= 0.6 is 12.4 Å². The Bertz CT molecular complexity index is 631. The summed E-state index contributed by atoms with van der Waals surface area (Å²) in [5.41, 5.74) is 0.597. The lowest BCUT2D eigenvalue weighted by atomic mass is 10.0. The predicted molar refractivity (Wildman–Crippen MR) is 117 cm³/mol. The lowest BCUT2D eigenvalue weighted by Gasteiger charge is -2.33. The molecule has 1 aliphatic heterocycles. The number of halogens is 1. The van der Waals surface area contributed by atoms with Gasteiger partial charge in [-0.15, -0.1) is 12.4 Å². The van der Waals surface area contributed by atoms with Crippen molar-refractivity contribution in [2.45, 2.75) is 52.5 Å². The van der Waals surface area contributed by atoms with E-state index in [2.05, 4.69) is 5.32 Å². The van der Waals surface area contributed by atoms with Crippen molar-refractivity contribution in [1.29, 1.82) is 0 Å². The van der Waals surface area contributed by atoms with Gasteiger partial charge in [-0.1, -0.05) is 0 Å². The standard InChI is InChI=1S/C22H34N2O4.ClH/c1-4-26-19-13-17(14-20(27-5-2)21(19)28-6-3)22(25)24-11-9-18(10-12-24)23-15-16-7-8-16;/h13-14,16,18,23H,4-12,15H2,1-3H3;1H. The highest BCUT2D eigenvalue weighted by atomic mass is 35.5. The zero-order valence-electron chi connectivity index (χ0n) is 17.9. The Morgan fingerprint density at radius 2 is 1.52 bits per heavy atom. The summed E-state index contributed by atoms with van der Waals surface area (Å²) < 4.78 is 17.2. The predicted octanol–water partition coefficient (Wildman–Crippen LogP) is 3.91. The summed E-state index contributed by atoms with van der Waals surface area (Å²) >= 11 is 0. The van der Waals surface area contributed by atoms with E-state index in [9.17, 15) is 4.79 Å². The van der Waals surface area contributed by atoms with Crippen molar-refractivity contribution in [3.63, 3.8) is 0 Å². The monoisotopic (exact) mass is 426 g/mol. The van der Waals surface area contributed by atoms with Crippen LogP contribution in [-0.2, 0) is 0 Å². The molecule has 1 aromatic rings. The Hall–Kier alpha value is -1.66. The third kappa shape index (κ3) is 6.41. The number of carbonyl (C=O) groups is 1. The average Bonchev–Trinajstić information content (AvgIpc) is 3.53. The van der Waals surface area contributed by atoms with Crippen LogP contribution in [0.1, 0.15) is 56.8 Å². The molecule has 0 unspecified atom stereocenters. The molecule has 1 saturated carbocycles. The van der Waals surface area contributed by atoms with Crippen LogP contribution < -0.4 is 19.5 Å². The van der Waals surface area contributed by atoms with Crippen molar-refractivity contribution >= 4 is 18.3 Å². The van der Waals surface area contributed by atoms with Crippen LogP contribution in [0.5, 0.6) is 17.2 Å². The number of hydrogen-bond acceptors (Lipinski definition) is 5. The van der Waals surface area contributed by atoms with E-state index in [1.807, 2.05) is 25.7 Å². The third-order valence-corrected chi connectivity index (χ3v) is 5.33. The highest BCUT2D eigenvalue weighted by Crippen LogP contribution is 2.39. The van der Waals surface area contributed by atoms with Crippen LogP contribution in [0.3, 0.4) is 0 Å². The van der Waals surface area contributed by atoms with Crippen molar-refractivity contribution in [1.82, 2.24) is 10.2 Å². The fraction of sp³-hybridized carbons (Fsp3) is 0.682. The summed E-state index contributed by atoms with van der Waals surface area (Å²) in [4.78, 5) is 15.1. The second-order valence-corrected chi connectivity index (χ2v) is 7.52. The van der Waals surface area contributed by atoms with Crippen molar-refractivity contribution in [2.24, 2.45) is 5.92 Å². The quantitative estimate of drug-likeness (QED) is 0.614. The molecule has 0 atom stereocenters. The highest BCUT2D eigenvalue weighted by molar-refractivity contribution is 5.95. The SMILES string of the molecule is CCOc1cc(C(=O)N2CCC(NCC3CC3)CC2)cc(OCC)c1OCC.Cl. The Balaban J connectivity index is 0.00000300. The molecule has 1 amide bonds. The average molecular weight is 427 g/mol. The number of nitrogens with zero attached hydrogens (tertiary/aromatic N) is 1. The van der Waals surface area contributed by atoms with Gasteiger partial charge < -0.3 is 24.4 Å². The molecule has 0 bridgehead atoms. The minimum absolute atomic E-state index is 0. The van der Waals surface area contributed by atoms with Gasteiger partial charge in [-0.3, -0.25) is 4.79 Å². The van der Waals surface area contributed by atoms with Gasteiger partial charge in [-0.05, 0) is 71.0 Å². The van der Waals surface area contributed by atoms with Crippen LogP contribution in [0.2, 0.25) is 0 Å². The van der Waals surface area contributed by atoms with Gasteiger partial charge in [0.15, 0.2) is 11.5 Å². The fourth-order valence-electron chi connectivity index (χ4n) is 3.64. The maximum absolute atomic E-state index is 13.1. The van der Waals surface area contributed by atoms with Gasteiger partial charge in [0.25, 0.3) is 5.91 Å². The molecular formula is C22H35ClN2O4. The molecule has 7 heteroatoms. The summed E-state index contributed by atoms with van der Waals surface area (Å²) in [6.07, 6.45) is 4.75. The number of nitrogens with one attached hydrogen (secondary N) is 1. The van der Waals surface area contributed by atoms with E-state index in [4.69, 9.17) is 14.2 Å². The molecule has 1 aliphatic carbocycles. The summed E-state index contributed by atoms with van der Waals surface area (Å²) in [6, 6.07) is 4.11. The van der Waals surface area contributed by atoms with Gasteiger partial charge in [0.2, 0.25) is 5.75 Å². The van der Waals surface area contributed by atoms with Crippen LogP contribution in [0.25, 0.3) is 0 Å². The molecular weight excluding hydrogens is 392 g/mol. The zero-order chi connectivity index (χ0) is 19.9. The van der Waals surface area contributed by atoms with E-state index >= 15 is 0 Å². The topological polar surface area (TPSA) is 60.0 Å². The summed E-state index contributed by atoms with van der Waals surface area (Å²) in [5.74, 6) is 2.63. The Kier molecular flexibility index (Phi) is 9.37. The van der Waals surface area contributed by atoms with Gasteiger partial charge >= 0.3 is 0 Å². The molecule has 1 heterocycles. The number of amides is 1. The van der Waals surface area contributed by atoms with E-state index in [0.717, 1.165) is 38.4 Å². The molecule has 0 aromatic heterocycles. The number of benzene rings is 1. The normalized spacial score (nSPS) is 16.9. The second kappa shape index (κ2) is 11.5. The van der Waals surface area contributed by atoms with Gasteiger partial charge in [0, 0.05) is 24.7 Å². The molecule has 6 nitrogen and oxygen atoms in total. The largest absolute Gasteiger partial charge is 0.490 e. The van der Waals surface area contributed by atoms with Gasteiger partial charge in [-0.2, -0.15) is 0 Å². The van der Waals surface area contributed by atoms with Gasteiger partial charge in [0.1, 0.15) is 0 Å². The second-order valence-electron chi connectivity index (χ2n) is 7.52. The van der Waals surface area contributed by atoms with E-state index in [1.165, 1.54) is 12.8 Å². The fourth-order valence-corrected chi connectivity index (χ4v) is 3.64. The summed E-state index contributed by atoms with van der Waals surface area (Å²) in [6.45, 7) is 9.97. The highest BCUT2D eigenvalue weighted by Gasteiger charge is 2.27. The molecule has 2 fully saturated rings. The van der Waals surface area contributed by atoms with Crippen molar-refractivity contribution in [3.05, 3.63) is 17.7 Å². The Morgan fingerprint density at radius 3 is 2.00 bits per heavy atom. The first-order chi connectivity index (χ1) is 13.7. The number of likely N-dealkylation sites (tertiary alicyclic amines) is 1. The molecule has 1 aromatic carbocycles. The van der Waals surface area contributed by atoms with Gasteiger partial charge in [-0.25, -0.2) is 0 Å². The van der Waals surface area contributed by atoms with Crippen molar-refractivity contribution < 1.29 is 19.0 Å². The van der Waals surface area contributed by atoms with E-state index in [1.54, 1.807) is 12.1 Å². The molecule has 3 rings (SSSR count). The molecule has 0 spiro atoms. The Morgan fingerprint density at radius 1 is 0.966 bits per heavy atom. The first-order valence-corrected chi connectivity index (χ1v) is 10.7. The van der Waals surface area contributed by atoms with Crippen LogP contribution in [0.15, 0.2) is 12.1 Å². The van der Waals surface area contributed by atoms with Crippen LogP contribution in [-0.4, -0.2) is 56.3 Å². The zero-order valence-corrected chi connectivity index (χ0v) is 18.7. The maximum Gasteiger partial charge on any atom is 0.254 e. The molecule has 1 N–H and O–H groups in total. The minimum atomic E-state index is 0. The van der Waals surface area contributed by atoms with E-state index in [-0.39, 0.29) is 18.3 Å². The van der Waals surface area contributed by atoms with Crippen LogP contribution in [0.4, 0.5) is 0 Å². The number of hydrogen-bond donors (Lipinski definition) is 1. The molecule has 1 saturated heterocycles. The summed E-state index contributed by atoms with van der Waals surface area (Å²) in [7, 11) is 0. The number of ether oxygens (including phenoxy) is 3. The molecule has 0 radical (unpaired) electrons. The lowest BCUT2D eigenvalue weighted by molar-refractivity contribution is 0.0704. The first kappa shape index (κ1) is 23.6. The smallest absolute Gasteiger partial charge is 0.254 e. The first-order valence-electron chi connectivity index (χ1n) is 10.7. The van der Waals surface area contributed by atoms with E-state index < -0.39 is 0 Å². The number of piperidine rings is 1. The van der Waals surface area contributed by atoms with Crippen molar-refractivity contribution in [2.75, 3.05) is 39.5 Å². The van der Waals surface area contributed by atoms with Gasteiger partial charge in [0.05, 0.1) is 19.8 Å².